The molecular weight excluding hydrogens is 412 g/mol. The van der Waals surface area contributed by atoms with Crippen LogP contribution in [0, 0.1) is 0 Å². The molecule has 1 aromatic heterocycles. The molecule has 0 atom stereocenters. The van der Waals surface area contributed by atoms with E-state index in [9.17, 15) is 9.59 Å². The second-order valence-corrected chi connectivity index (χ2v) is 7.54. The largest absolute Gasteiger partial charge is 0.339 e. The highest BCUT2D eigenvalue weighted by molar-refractivity contribution is 6.04. The molecule has 6 heteroatoms. The third kappa shape index (κ3) is 4.85. The molecule has 0 aliphatic carbocycles. The zero-order valence-corrected chi connectivity index (χ0v) is 18.7. The Balaban J connectivity index is 1.61. The first-order valence-corrected chi connectivity index (χ1v) is 11.0. The number of benzene rings is 3. The van der Waals surface area contributed by atoms with Crippen molar-refractivity contribution in [1.29, 1.82) is 0 Å². The molecule has 0 bridgehead atoms. The van der Waals surface area contributed by atoms with E-state index in [0.29, 0.717) is 35.7 Å². The zero-order valence-electron chi connectivity index (χ0n) is 18.7. The minimum absolute atomic E-state index is 0.0208. The summed E-state index contributed by atoms with van der Waals surface area (Å²) in [6, 6.07) is 28.1. The number of carbonyl (C=O) groups excluding carboxylic acids is 2. The number of nitrogens with zero attached hydrogens (tertiary/aromatic N) is 3. The van der Waals surface area contributed by atoms with Crippen molar-refractivity contribution in [1.82, 2.24) is 14.7 Å². The fourth-order valence-corrected chi connectivity index (χ4v) is 3.64. The molecule has 0 aliphatic heterocycles. The number of para-hydroxylation sites is 1. The third-order valence-corrected chi connectivity index (χ3v) is 5.45. The van der Waals surface area contributed by atoms with E-state index in [1.165, 1.54) is 0 Å². The average molecular weight is 439 g/mol. The lowest BCUT2D eigenvalue weighted by Crippen LogP contribution is -2.30. The predicted molar refractivity (Wildman–Crippen MR) is 131 cm³/mol. The lowest BCUT2D eigenvalue weighted by molar-refractivity contribution is 0.0773. The molecule has 2 amide bonds. The van der Waals surface area contributed by atoms with Crippen LogP contribution < -0.4 is 5.32 Å². The summed E-state index contributed by atoms with van der Waals surface area (Å²) in [5.41, 5.74) is 4.06. The standard InChI is InChI=1S/C27H26N4O2/c1-3-30(4-2)27(33)21-15-17-22(18-16-21)28-26(32)25-19-24(20-11-7-5-8-12-20)29-31(25)23-13-9-6-10-14-23/h5-19H,3-4H2,1-2H3,(H,28,32). The van der Waals surface area contributed by atoms with Crippen molar-refractivity contribution in [3.63, 3.8) is 0 Å². The van der Waals surface area contributed by atoms with Crippen molar-refractivity contribution in [3.05, 3.63) is 102 Å². The first kappa shape index (κ1) is 22.0. The Labute approximate surface area is 193 Å². The van der Waals surface area contributed by atoms with Crippen LogP contribution in [0.25, 0.3) is 16.9 Å². The second kappa shape index (κ2) is 9.96. The van der Waals surface area contributed by atoms with Crippen molar-refractivity contribution in [3.8, 4) is 16.9 Å². The number of anilines is 1. The Hall–Kier alpha value is -4.19. The summed E-state index contributed by atoms with van der Waals surface area (Å²) < 4.78 is 1.65. The summed E-state index contributed by atoms with van der Waals surface area (Å²) >= 11 is 0. The van der Waals surface area contributed by atoms with E-state index in [1.807, 2.05) is 74.5 Å². The van der Waals surface area contributed by atoms with Crippen LogP contribution in [0.5, 0.6) is 0 Å². The lowest BCUT2D eigenvalue weighted by atomic mass is 10.1. The van der Waals surface area contributed by atoms with Crippen molar-refractivity contribution < 1.29 is 9.59 Å². The van der Waals surface area contributed by atoms with Gasteiger partial charge in [-0.1, -0.05) is 48.5 Å². The van der Waals surface area contributed by atoms with Gasteiger partial charge < -0.3 is 10.2 Å². The molecule has 1 heterocycles. The molecule has 0 saturated carbocycles. The fourth-order valence-electron chi connectivity index (χ4n) is 3.64. The van der Waals surface area contributed by atoms with Crippen molar-refractivity contribution in [2.75, 3.05) is 18.4 Å². The second-order valence-electron chi connectivity index (χ2n) is 7.54. The van der Waals surface area contributed by atoms with Gasteiger partial charge in [-0.25, -0.2) is 4.68 Å². The summed E-state index contributed by atoms with van der Waals surface area (Å²) in [5, 5.41) is 7.63. The van der Waals surface area contributed by atoms with Gasteiger partial charge in [-0.05, 0) is 56.3 Å². The maximum Gasteiger partial charge on any atom is 0.274 e. The molecular formula is C27H26N4O2. The van der Waals surface area contributed by atoms with E-state index >= 15 is 0 Å². The number of amides is 2. The van der Waals surface area contributed by atoms with Crippen molar-refractivity contribution in [2.24, 2.45) is 0 Å². The van der Waals surface area contributed by atoms with Crippen LogP contribution in [-0.4, -0.2) is 39.6 Å². The average Bonchev–Trinajstić information content (AvgIpc) is 3.32. The van der Waals surface area contributed by atoms with Gasteiger partial charge in [-0.2, -0.15) is 5.10 Å². The third-order valence-electron chi connectivity index (χ3n) is 5.45. The van der Waals surface area contributed by atoms with Crippen LogP contribution in [0.3, 0.4) is 0 Å². The number of nitrogens with one attached hydrogen (secondary N) is 1. The number of hydrogen-bond donors (Lipinski definition) is 1. The fraction of sp³-hybridized carbons (Fsp3) is 0.148. The molecule has 0 unspecified atom stereocenters. The Kier molecular flexibility index (Phi) is 6.64. The van der Waals surface area contributed by atoms with Gasteiger partial charge in [-0.15, -0.1) is 0 Å². The van der Waals surface area contributed by atoms with Crippen LogP contribution in [-0.2, 0) is 0 Å². The number of rotatable bonds is 7. The van der Waals surface area contributed by atoms with E-state index in [4.69, 9.17) is 5.10 Å². The van der Waals surface area contributed by atoms with E-state index in [0.717, 1.165) is 11.3 Å². The highest BCUT2D eigenvalue weighted by Gasteiger charge is 2.18. The molecule has 6 nitrogen and oxygen atoms in total. The van der Waals surface area contributed by atoms with Gasteiger partial charge in [0.15, 0.2) is 0 Å². The van der Waals surface area contributed by atoms with E-state index < -0.39 is 0 Å². The highest BCUT2D eigenvalue weighted by Crippen LogP contribution is 2.23. The summed E-state index contributed by atoms with van der Waals surface area (Å²) in [6.07, 6.45) is 0. The molecule has 33 heavy (non-hydrogen) atoms. The monoisotopic (exact) mass is 438 g/mol. The number of aromatic nitrogens is 2. The molecule has 4 rings (SSSR count). The van der Waals surface area contributed by atoms with Gasteiger partial charge in [0.2, 0.25) is 0 Å². The van der Waals surface area contributed by atoms with Crippen molar-refractivity contribution in [2.45, 2.75) is 13.8 Å². The predicted octanol–water partition coefficient (Wildman–Crippen LogP) is 5.27. The lowest BCUT2D eigenvalue weighted by Gasteiger charge is -2.18. The zero-order chi connectivity index (χ0) is 23.2. The van der Waals surface area contributed by atoms with Crippen molar-refractivity contribution >= 4 is 17.5 Å². The van der Waals surface area contributed by atoms with Crippen LogP contribution in [0.1, 0.15) is 34.7 Å². The van der Waals surface area contributed by atoms with E-state index in [2.05, 4.69) is 5.32 Å². The summed E-state index contributed by atoms with van der Waals surface area (Å²) in [5.74, 6) is -0.302. The summed E-state index contributed by atoms with van der Waals surface area (Å²) in [4.78, 5) is 27.5. The van der Waals surface area contributed by atoms with Gasteiger partial charge in [0, 0.05) is 29.9 Å². The molecule has 1 N–H and O–H groups in total. The molecule has 166 valence electrons. The smallest absolute Gasteiger partial charge is 0.274 e. The van der Waals surface area contributed by atoms with Gasteiger partial charge in [0.05, 0.1) is 11.4 Å². The summed E-state index contributed by atoms with van der Waals surface area (Å²) in [7, 11) is 0. The van der Waals surface area contributed by atoms with Gasteiger partial charge in [0.25, 0.3) is 11.8 Å². The number of carbonyl (C=O) groups is 2. The van der Waals surface area contributed by atoms with Crippen LogP contribution in [0.4, 0.5) is 5.69 Å². The highest BCUT2D eigenvalue weighted by atomic mass is 16.2. The first-order chi connectivity index (χ1) is 16.1. The van der Waals surface area contributed by atoms with Gasteiger partial charge in [-0.3, -0.25) is 9.59 Å². The van der Waals surface area contributed by atoms with Gasteiger partial charge >= 0.3 is 0 Å². The Morgan fingerprint density at radius 2 is 1.45 bits per heavy atom. The molecule has 0 spiro atoms. The maximum atomic E-state index is 13.2. The minimum atomic E-state index is -0.281. The molecule has 0 saturated heterocycles. The normalized spacial score (nSPS) is 10.6. The molecule has 0 aliphatic rings. The summed E-state index contributed by atoms with van der Waals surface area (Å²) in [6.45, 7) is 5.22. The minimum Gasteiger partial charge on any atom is -0.339 e. The van der Waals surface area contributed by atoms with Crippen LogP contribution >= 0.6 is 0 Å². The topological polar surface area (TPSA) is 67.2 Å². The molecule has 4 aromatic rings. The van der Waals surface area contributed by atoms with Crippen LogP contribution in [0.15, 0.2) is 91.0 Å². The van der Waals surface area contributed by atoms with Gasteiger partial charge in [0.1, 0.15) is 5.69 Å². The van der Waals surface area contributed by atoms with E-state index in [1.54, 1.807) is 39.9 Å². The molecule has 3 aromatic carbocycles. The first-order valence-electron chi connectivity index (χ1n) is 11.0. The Bertz CT molecular complexity index is 1230. The molecule has 0 radical (unpaired) electrons. The Morgan fingerprint density at radius 1 is 0.848 bits per heavy atom. The SMILES string of the molecule is CCN(CC)C(=O)c1ccc(NC(=O)c2cc(-c3ccccc3)nn2-c2ccccc2)cc1. The Morgan fingerprint density at radius 3 is 2.06 bits per heavy atom. The van der Waals surface area contributed by atoms with E-state index in [-0.39, 0.29) is 11.8 Å². The van der Waals surface area contributed by atoms with Crippen LogP contribution in [0.2, 0.25) is 0 Å². The number of hydrogen-bond acceptors (Lipinski definition) is 3. The quantitative estimate of drug-likeness (QED) is 0.427. The maximum absolute atomic E-state index is 13.2. The molecule has 0 fully saturated rings.